The van der Waals surface area contributed by atoms with Crippen LogP contribution < -0.4 is 10.9 Å². The molecule has 0 fully saturated rings. The van der Waals surface area contributed by atoms with Gasteiger partial charge in [-0.25, -0.2) is 4.68 Å². The van der Waals surface area contributed by atoms with Crippen molar-refractivity contribution in [1.82, 2.24) is 19.7 Å². The third kappa shape index (κ3) is 4.19. The lowest BCUT2D eigenvalue weighted by atomic mass is 10.1. The largest absolute Gasteiger partial charge is 0.434 e. The van der Waals surface area contributed by atoms with E-state index in [2.05, 4.69) is 20.4 Å². The second-order valence-electron chi connectivity index (χ2n) is 7.13. The number of anilines is 1. The summed E-state index contributed by atoms with van der Waals surface area (Å²) in [6.45, 7) is 0.599. The van der Waals surface area contributed by atoms with Crippen LogP contribution in [-0.4, -0.2) is 25.7 Å². The van der Waals surface area contributed by atoms with Crippen LogP contribution in [0.15, 0.2) is 59.8 Å². The monoisotopic (exact) mass is 463 g/mol. The van der Waals surface area contributed by atoms with Crippen LogP contribution in [0.25, 0.3) is 16.5 Å². The first-order valence-corrected chi connectivity index (χ1v) is 9.38. The highest BCUT2D eigenvalue weighted by Gasteiger charge is 2.41. The van der Waals surface area contributed by atoms with Crippen molar-refractivity contribution in [3.63, 3.8) is 0 Å². The van der Waals surface area contributed by atoms with Gasteiger partial charge in [-0.05, 0) is 30.3 Å². The first kappa shape index (κ1) is 22.1. The first-order chi connectivity index (χ1) is 15.5. The molecular formula is C21H14F5N5O2. The number of amides is 1. The van der Waals surface area contributed by atoms with Crippen LogP contribution >= 0.6 is 0 Å². The van der Waals surface area contributed by atoms with Gasteiger partial charge >= 0.3 is 6.18 Å². The van der Waals surface area contributed by atoms with Crippen molar-refractivity contribution < 1.29 is 26.7 Å². The second-order valence-corrected chi connectivity index (χ2v) is 7.13. The smallest absolute Gasteiger partial charge is 0.329 e. The number of nitrogens with one attached hydrogen (secondary N) is 2. The Balaban J connectivity index is 1.81. The van der Waals surface area contributed by atoms with E-state index < -0.39 is 40.5 Å². The normalized spacial score (nSPS) is 12.2. The van der Waals surface area contributed by atoms with Crippen molar-refractivity contribution in [2.45, 2.75) is 19.0 Å². The Morgan fingerprint density at radius 3 is 2.55 bits per heavy atom. The molecule has 4 aromatic rings. The molecule has 0 aliphatic rings. The molecule has 33 heavy (non-hydrogen) atoms. The Bertz CT molecular complexity index is 1420. The van der Waals surface area contributed by atoms with Gasteiger partial charge < -0.3 is 10.3 Å². The lowest BCUT2D eigenvalue weighted by molar-refractivity contribution is -0.143. The maximum absolute atomic E-state index is 14.0. The lowest BCUT2D eigenvalue weighted by Crippen LogP contribution is -2.21. The van der Waals surface area contributed by atoms with Gasteiger partial charge in [0.05, 0.1) is 17.4 Å². The molecule has 3 heterocycles. The number of rotatable bonds is 4. The van der Waals surface area contributed by atoms with E-state index in [9.17, 15) is 31.5 Å². The number of alkyl halides is 5. The van der Waals surface area contributed by atoms with E-state index in [4.69, 9.17) is 0 Å². The van der Waals surface area contributed by atoms with E-state index >= 15 is 0 Å². The molecule has 0 saturated carbocycles. The molecular weight excluding hydrogens is 449 g/mol. The average Bonchev–Trinajstić information content (AvgIpc) is 3.19. The van der Waals surface area contributed by atoms with Gasteiger partial charge in [0.15, 0.2) is 5.69 Å². The van der Waals surface area contributed by atoms with Crippen molar-refractivity contribution in [1.29, 1.82) is 0 Å². The number of hydrogen-bond donors (Lipinski definition) is 2. The van der Waals surface area contributed by atoms with Crippen molar-refractivity contribution in [3.05, 3.63) is 82.3 Å². The van der Waals surface area contributed by atoms with Crippen molar-refractivity contribution in [2.24, 2.45) is 0 Å². The van der Waals surface area contributed by atoms with E-state index in [1.807, 2.05) is 0 Å². The molecule has 0 bridgehead atoms. The van der Waals surface area contributed by atoms with E-state index in [1.165, 1.54) is 36.5 Å². The minimum atomic E-state index is -5.01. The van der Waals surface area contributed by atoms with Crippen LogP contribution in [0.3, 0.4) is 0 Å². The van der Waals surface area contributed by atoms with E-state index in [0.717, 1.165) is 18.5 Å². The SMILES string of the molecule is CC(F)(F)c1cc(NC(=O)c2cnn(-c3cccc4c(=O)[nH]ccc34)c2C(F)(F)F)ccn1. The molecule has 0 radical (unpaired) electrons. The Kier molecular flexibility index (Phi) is 5.23. The number of aromatic nitrogens is 4. The molecule has 0 spiro atoms. The average molecular weight is 463 g/mol. The van der Waals surface area contributed by atoms with Crippen LogP contribution in [-0.2, 0) is 12.1 Å². The summed E-state index contributed by atoms with van der Waals surface area (Å²) in [5.41, 5.74) is -3.61. The van der Waals surface area contributed by atoms with Crippen molar-refractivity contribution in [2.75, 3.05) is 5.32 Å². The third-order valence-electron chi connectivity index (χ3n) is 4.77. The molecule has 0 aliphatic carbocycles. The summed E-state index contributed by atoms with van der Waals surface area (Å²) in [5.74, 6) is -4.52. The number of carbonyl (C=O) groups is 1. The van der Waals surface area contributed by atoms with Crippen LogP contribution in [0.5, 0.6) is 0 Å². The van der Waals surface area contributed by atoms with E-state index in [-0.39, 0.29) is 22.1 Å². The summed E-state index contributed by atoms with van der Waals surface area (Å²) in [7, 11) is 0. The predicted octanol–water partition coefficient (Wildman–Crippen LogP) is 4.49. The number of fused-ring (bicyclic) bond motifs is 1. The summed E-state index contributed by atoms with van der Waals surface area (Å²) < 4.78 is 69.6. The van der Waals surface area contributed by atoms with Gasteiger partial charge in [-0.2, -0.15) is 27.1 Å². The number of carbonyl (C=O) groups excluding carboxylic acids is 1. The Labute approximate surface area is 181 Å². The highest BCUT2D eigenvalue weighted by Crippen LogP contribution is 2.35. The molecule has 0 aliphatic heterocycles. The highest BCUT2D eigenvalue weighted by molar-refractivity contribution is 6.05. The molecule has 2 N–H and O–H groups in total. The summed E-state index contributed by atoms with van der Waals surface area (Å²) in [4.78, 5) is 30.6. The van der Waals surface area contributed by atoms with Gasteiger partial charge in [0.25, 0.3) is 17.4 Å². The molecule has 0 unspecified atom stereocenters. The van der Waals surface area contributed by atoms with Gasteiger partial charge in [-0.15, -0.1) is 0 Å². The standard InChI is InChI=1S/C21H14F5N5O2/c1-20(22,23)16-9-11(5-7-27-16)30-19(33)14-10-29-31(17(14)21(24,25)26)15-4-2-3-13-12(15)6-8-28-18(13)32/h2-10H,1H3,(H,28,32)(H,27,30,33). The van der Waals surface area contributed by atoms with Gasteiger partial charge in [-0.1, -0.05) is 6.07 Å². The fraction of sp³-hybridized carbons (Fsp3) is 0.143. The summed E-state index contributed by atoms with van der Waals surface area (Å²) in [5, 5.41) is 6.24. The number of benzene rings is 1. The van der Waals surface area contributed by atoms with Crippen molar-refractivity contribution >= 4 is 22.4 Å². The fourth-order valence-electron chi connectivity index (χ4n) is 3.31. The summed E-state index contributed by atoms with van der Waals surface area (Å²) >= 11 is 0. The van der Waals surface area contributed by atoms with Crippen LogP contribution in [0, 0.1) is 0 Å². The zero-order chi connectivity index (χ0) is 24.0. The minimum absolute atomic E-state index is 0.0678. The lowest BCUT2D eigenvalue weighted by Gasteiger charge is -2.15. The van der Waals surface area contributed by atoms with E-state index in [1.54, 1.807) is 0 Å². The summed E-state index contributed by atoms with van der Waals surface area (Å²) in [6.07, 6.45) is -2.00. The Morgan fingerprint density at radius 2 is 1.85 bits per heavy atom. The minimum Gasteiger partial charge on any atom is -0.329 e. The molecule has 170 valence electrons. The van der Waals surface area contributed by atoms with Crippen LogP contribution in [0.2, 0.25) is 0 Å². The zero-order valence-electron chi connectivity index (χ0n) is 16.7. The number of H-pyrrole nitrogens is 1. The van der Waals surface area contributed by atoms with Crippen LogP contribution in [0.4, 0.5) is 27.6 Å². The van der Waals surface area contributed by atoms with E-state index in [0.29, 0.717) is 11.6 Å². The molecule has 7 nitrogen and oxygen atoms in total. The number of halogens is 5. The molecule has 12 heteroatoms. The predicted molar refractivity (Wildman–Crippen MR) is 108 cm³/mol. The maximum atomic E-state index is 14.0. The topological polar surface area (TPSA) is 92.7 Å². The fourth-order valence-corrected chi connectivity index (χ4v) is 3.31. The molecule has 3 aromatic heterocycles. The van der Waals surface area contributed by atoms with Gasteiger partial charge in [0, 0.05) is 35.8 Å². The first-order valence-electron chi connectivity index (χ1n) is 9.38. The number of pyridine rings is 2. The highest BCUT2D eigenvalue weighted by atomic mass is 19.4. The maximum Gasteiger partial charge on any atom is 0.434 e. The van der Waals surface area contributed by atoms with Gasteiger partial charge in [0.2, 0.25) is 0 Å². The van der Waals surface area contributed by atoms with Crippen LogP contribution in [0.1, 0.15) is 28.7 Å². The molecule has 0 saturated heterocycles. The molecule has 1 amide bonds. The Hall–Kier alpha value is -4.09. The third-order valence-corrected chi connectivity index (χ3v) is 4.77. The Morgan fingerprint density at radius 1 is 1.09 bits per heavy atom. The zero-order valence-corrected chi connectivity index (χ0v) is 16.7. The molecule has 1 aromatic carbocycles. The summed E-state index contributed by atoms with van der Waals surface area (Å²) in [6, 6.07) is 7.60. The second kappa shape index (κ2) is 7.80. The quantitative estimate of drug-likeness (QED) is 0.436. The molecule has 0 atom stereocenters. The molecule has 4 rings (SSSR count). The van der Waals surface area contributed by atoms with Gasteiger partial charge in [-0.3, -0.25) is 14.6 Å². The number of aromatic amines is 1. The van der Waals surface area contributed by atoms with Gasteiger partial charge in [0.1, 0.15) is 5.69 Å². The number of hydrogen-bond acceptors (Lipinski definition) is 4. The van der Waals surface area contributed by atoms with Crippen molar-refractivity contribution in [3.8, 4) is 5.69 Å². The number of nitrogens with zero attached hydrogens (tertiary/aromatic N) is 3.